The molecule has 2 aliphatic rings. The van der Waals surface area contributed by atoms with Crippen LogP contribution in [0.25, 0.3) is 44.5 Å². The first kappa shape index (κ1) is 25.6. The average Bonchev–Trinajstić information content (AvgIpc) is 3.62. The second kappa shape index (κ2) is 10.9. The first-order chi connectivity index (χ1) is 20.1. The van der Waals surface area contributed by atoms with Crippen molar-refractivity contribution in [2.45, 2.75) is 38.5 Å². The van der Waals surface area contributed by atoms with E-state index >= 15 is 0 Å². The number of hydrogen-bond acceptors (Lipinski definition) is 7. The minimum absolute atomic E-state index is 0.0561. The Kier molecular flexibility index (Phi) is 6.84. The first-order valence-electron chi connectivity index (χ1n) is 14.6. The number of carbonyl (C=O) groups is 1. The van der Waals surface area contributed by atoms with Crippen molar-refractivity contribution in [2.24, 2.45) is 5.92 Å². The molecule has 210 valence electrons. The van der Waals surface area contributed by atoms with Crippen molar-refractivity contribution in [1.29, 1.82) is 0 Å². The summed E-state index contributed by atoms with van der Waals surface area (Å²) in [5.74, 6) is 0.544. The Morgan fingerprint density at radius 3 is 2.61 bits per heavy atom. The summed E-state index contributed by atoms with van der Waals surface area (Å²) in [6.07, 6.45) is 15.7. The van der Waals surface area contributed by atoms with Crippen molar-refractivity contribution in [3.05, 3.63) is 49.2 Å². The van der Waals surface area contributed by atoms with Crippen LogP contribution in [0.3, 0.4) is 0 Å². The topological polar surface area (TPSA) is 119 Å². The van der Waals surface area contributed by atoms with E-state index in [4.69, 9.17) is 0 Å². The fraction of sp³-hybridized carbons (Fsp3) is 0.387. The van der Waals surface area contributed by atoms with Gasteiger partial charge >= 0.3 is 0 Å². The number of amides is 1. The number of nitrogens with zero attached hydrogens (tertiary/aromatic N) is 6. The molecule has 41 heavy (non-hydrogen) atoms. The molecule has 10 heteroatoms. The molecule has 0 bridgehead atoms. The number of aromatic nitrogens is 6. The molecule has 1 saturated heterocycles. The normalized spacial score (nSPS) is 17.0. The van der Waals surface area contributed by atoms with E-state index in [2.05, 4.69) is 58.4 Å². The molecule has 0 unspecified atom stereocenters. The second-order valence-electron chi connectivity index (χ2n) is 11.5. The number of fused-ring (bicyclic) bond motifs is 2. The summed E-state index contributed by atoms with van der Waals surface area (Å²) >= 11 is 0. The molecular weight excluding hydrogens is 514 g/mol. The zero-order chi connectivity index (χ0) is 27.8. The maximum atomic E-state index is 12.7. The standard InChI is InChI=1S/C31H35N9O/c1-39-7-9-40(10-8-39)29-19-33-17-27-23(29)13-26(36-27)31-24-14-25(34-18-28(24)37-38-31)21-12-22(16-32-15-21)35-30(41)11-20-5-3-2-4-6-20/h12-20,36H,2-11H2,1H3,(H,35,41)(H,37,38). The highest BCUT2D eigenvalue weighted by Crippen LogP contribution is 2.34. The predicted octanol–water partition coefficient (Wildman–Crippen LogP) is 5.22. The molecule has 1 aliphatic heterocycles. The van der Waals surface area contributed by atoms with Crippen LogP contribution in [0.2, 0.25) is 0 Å². The summed E-state index contributed by atoms with van der Waals surface area (Å²) in [5.41, 5.74) is 7.04. The zero-order valence-electron chi connectivity index (χ0n) is 23.4. The molecule has 0 aromatic carbocycles. The zero-order valence-corrected chi connectivity index (χ0v) is 23.4. The third-order valence-corrected chi connectivity index (χ3v) is 8.59. The van der Waals surface area contributed by atoms with Gasteiger partial charge in [0, 0.05) is 55.1 Å². The molecule has 2 fully saturated rings. The van der Waals surface area contributed by atoms with E-state index in [1.54, 1.807) is 18.6 Å². The molecule has 6 heterocycles. The molecule has 3 N–H and O–H groups in total. The van der Waals surface area contributed by atoms with E-state index in [-0.39, 0.29) is 5.91 Å². The maximum Gasteiger partial charge on any atom is 0.224 e. The average molecular weight is 550 g/mol. The number of nitrogens with one attached hydrogen (secondary N) is 3. The number of carbonyl (C=O) groups excluding carboxylic acids is 1. The number of hydrogen-bond donors (Lipinski definition) is 3. The van der Waals surface area contributed by atoms with Crippen molar-refractivity contribution in [3.63, 3.8) is 0 Å². The molecule has 1 amide bonds. The Morgan fingerprint density at radius 1 is 0.927 bits per heavy atom. The summed E-state index contributed by atoms with van der Waals surface area (Å²) in [6, 6.07) is 6.14. The van der Waals surface area contributed by atoms with Gasteiger partial charge < -0.3 is 20.1 Å². The molecule has 0 spiro atoms. The number of piperazine rings is 1. The quantitative estimate of drug-likeness (QED) is 0.266. The highest BCUT2D eigenvalue weighted by molar-refractivity contribution is 6.00. The van der Waals surface area contributed by atoms with Gasteiger partial charge in [0.1, 0.15) is 5.69 Å². The fourth-order valence-corrected chi connectivity index (χ4v) is 6.26. The lowest BCUT2D eigenvalue weighted by Gasteiger charge is -2.34. The van der Waals surface area contributed by atoms with Crippen LogP contribution in [0, 0.1) is 5.92 Å². The second-order valence-corrected chi connectivity index (χ2v) is 11.5. The van der Waals surface area contributed by atoms with Gasteiger partial charge in [0.05, 0.1) is 58.6 Å². The van der Waals surface area contributed by atoms with E-state index in [0.29, 0.717) is 18.0 Å². The van der Waals surface area contributed by atoms with E-state index in [0.717, 1.165) is 89.2 Å². The third kappa shape index (κ3) is 5.27. The van der Waals surface area contributed by atoms with Crippen molar-refractivity contribution in [1.82, 2.24) is 35.0 Å². The smallest absolute Gasteiger partial charge is 0.224 e. The van der Waals surface area contributed by atoms with Crippen LogP contribution in [-0.4, -0.2) is 74.2 Å². The lowest BCUT2D eigenvalue weighted by Crippen LogP contribution is -2.44. The van der Waals surface area contributed by atoms with E-state index in [9.17, 15) is 4.79 Å². The number of likely N-dealkylation sites (N-methyl/N-ethyl adjacent to an activating group) is 1. The number of pyridine rings is 3. The molecular formula is C31H35N9O. The van der Waals surface area contributed by atoms with Crippen molar-refractivity contribution in [3.8, 4) is 22.6 Å². The minimum atomic E-state index is 0.0561. The van der Waals surface area contributed by atoms with Crippen LogP contribution >= 0.6 is 0 Å². The number of rotatable bonds is 6. The highest BCUT2D eigenvalue weighted by atomic mass is 16.1. The Hall–Kier alpha value is -4.31. The molecule has 0 radical (unpaired) electrons. The van der Waals surface area contributed by atoms with Crippen LogP contribution < -0.4 is 10.2 Å². The first-order valence-corrected chi connectivity index (χ1v) is 14.6. The predicted molar refractivity (Wildman–Crippen MR) is 162 cm³/mol. The van der Waals surface area contributed by atoms with Crippen molar-refractivity contribution in [2.75, 3.05) is 43.4 Å². The lowest BCUT2D eigenvalue weighted by molar-refractivity contribution is -0.117. The minimum Gasteiger partial charge on any atom is -0.367 e. The molecule has 0 atom stereocenters. The van der Waals surface area contributed by atoms with Gasteiger partial charge in [0.25, 0.3) is 0 Å². The summed E-state index contributed by atoms with van der Waals surface area (Å²) in [5, 5.41) is 12.9. The number of aromatic amines is 2. The van der Waals surface area contributed by atoms with Gasteiger partial charge in [0.2, 0.25) is 5.91 Å². The molecule has 7 rings (SSSR count). The SMILES string of the molecule is CN1CCN(c2cncc3[nH]c(-c4n[nH]c5cnc(-c6cncc(NC(=O)CC7CCCCC7)c6)cc45)cc23)CC1. The summed E-state index contributed by atoms with van der Waals surface area (Å²) in [4.78, 5) is 34.6. The van der Waals surface area contributed by atoms with Gasteiger partial charge in [0.15, 0.2) is 0 Å². The Balaban J connectivity index is 1.16. The van der Waals surface area contributed by atoms with Crippen LogP contribution in [0.4, 0.5) is 11.4 Å². The Labute approximate surface area is 238 Å². The van der Waals surface area contributed by atoms with Crippen LogP contribution in [0.5, 0.6) is 0 Å². The van der Waals surface area contributed by atoms with Gasteiger partial charge in [-0.1, -0.05) is 19.3 Å². The molecule has 1 aliphatic carbocycles. The van der Waals surface area contributed by atoms with Crippen LogP contribution in [0.15, 0.2) is 49.2 Å². The van der Waals surface area contributed by atoms with E-state index < -0.39 is 0 Å². The Bertz CT molecular complexity index is 1690. The monoisotopic (exact) mass is 549 g/mol. The van der Waals surface area contributed by atoms with Gasteiger partial charge in [-0.05, 0) is 44.0 Å². The van der Waals surface area contributed by atoms with E-state index in [1.165, 1.54) is 19.3 Å². The van der Waals surface area contributed by atoms with Crippen molar-refractivity contribution >= 4 is 39.1 Å². The van der Waals surface area contributed by atoms with Gasteiger partial charge in [-0.2, -0.15) is 5.10 Å². The van der Waals surface area contributed by atoms with Gasteiger partial charge in [-0.25, -0.2) is 0 Å². The molecule has 5 aromatic heterocycles. The number of anilines is 2. The largest absolute Gasteiger partial charge is 0.367 e. The van der Waals surface area contributed by atoms with Gasteiger partial charge in [-0.3, -0.25) is 24.8 Å². The summed E-state index contributed by atoms with van der Waals surface area (Å²) < 4.78 is 0. The van der Waals surface area contributed by atoms with Crippen LogP contribution in [-0.2, 0) is 4.79 Å². The Morgan fingerprint density at radius 2 is 1.76 bits per heavy atom. The van der Waals surface area contributed by atoms with Crippen LogP contribution in [0.1, 0.15) is 38.5 Å². The van der Waals surface area contributed by atoms with Crippen molar-refractivity contribution < 1.29 is 4.79 Å². The summed E-state index contributed by atoms with van der Waals surface area (Å²) in [6.45, 7) is 4.03. The maximum absolute atomic E-state index is 12.7. The van der Waals surface area contributed by atoms with E-state index in [1.807, 2.05) is 24.5 Å². The summed E-state index contributed by atoms with van der Waals surface area (Å²) in [7, 11) is 2.16. The molecule has 5 aromatic rings. The molecule has 10 nitrogen and oxygen atoms in total. The molecule has 1 saturated carbocycles. The van der Waals surface area contributed by atoms with Gasteiger partial charge in [-0.15, -0.1) is 0 Å². The highest BCUT2D eigenvalue weighted by Gasteiger charge is 2.20. The number of H-pyrrole nitrogens is 2. The third-order valence-electron chi connectivity index (χ3n) is 8.59. The fourth-order valence-electron chi connectivity index (χ4n) is 6.26. The lowest BCUT2D eigenvalue weighted by atomic mass is 9.87.